The standard InChI is InChI=1S/C16H15BrN2O2/c1-2-21-13-7-4-3-6-11(13)16-12(10-20)19-14(17)8-5-9-15(19)18-16/h3-9,20H,2,10H2,1H3. The lowest BCUT2D eigenvalue weighted by Gasteiger charge is -2.09. The lowest BCUT2D eigenvalue weighted by molar-refractivity contribution is 0.276. The van der Waals surface area contributed by atoms with Crippen molar-refractivity contribution in [2.75, 3.05) is 6.61 Å². The number of ether oxygens (including phenoxy) is 1. The van der Waals surface area contributed by atoms with Crippen molar-refractivity contribution in [3.8, 4) is 17.0 Å². The lowest BCUT2D eigenvalue weighted by atomic mass is 10.1. The van der Waals surface area contributed by atoms with Crippen LogP contribution in [0.5, 0.6) is 5.75 Å². The molecule has 21 heavy (non-hydrogen) atoms. The maximum atomic E-state index is 9.79. The highest BCUT2D eigenvalue weighted by Gasteiger charge is 2.17. The molecule has 108 valence electrons. The van der Waals surface area contributed by atoms with Gasteiger partial charge in [0.2, 0.25) is 0 Å². The molecule has 5 heteroatoms. The van der Waals surface area contributed by atoms with Gasteiger partial charge in [-0.1, -0.05) is 18.2 Å². The van der Waals surface area contributed by atoms with Crippen molar-refractivity contribution in [2.45, 2.75) is 13.5 Å². The minimum absolute atomic E-state index is 0.0976. The van der Waals surface area contributed by atoms with Gasteiger partial charge in [0.25, 0.3) is 0 Å². The second-order valence-electron chi connectivity index (χ2n) is 4.54. The molecule has 0 saturated heterocycles. The Hall–Kier alpha value is -1.85. The van der Waals surface area contributed by atoms with Gasteiger partial charge in [-0.25, -0.2) is 4.98 Å². The van der Waals surface area contributed by atoms with Crippen molar-refractivity contribution in [2.24, 2.45) is 0 Å². The fraction of sp³-hybridized carbons (Fsp3) is 0.188. The van der Waals surface area contributed by atoms with E-state index in [0.29, 0.717) is 6.61 Å². The molecular weight excluding hydrogens is 332 g/mol. The van der Waals surface area contributed by atoms with E-state index in [1.807, 2.05) is 53.8 Å². The predicted octanol–water partition coefficient (Wildman–Crippen LogP) is 3.65. The number of halogens is 1. The Balaban J connectivity index is 2.28. The number of rotatable bonds is 4. The topological polar surface area (TPSA) is 46.8 Å². The smallest absolute Gasteiger partial charge is 0.138 e. The van der Waals surface area contributed by atoms with Gasteiger partial charge in [0.15, 0.2) is 0 Å². The highest BCUT2D eigenvalue weighted by atomic mass is 79.9. The Bertz CT molecular complexity index is 783. The summed E-state index contributed by atoms with van der Waals surface area (Å²) in [7, 11) is 0. The Morgan fingerprint density at radius 1 is 1.19 bits per heavy atom. The lowest BCUT2D eigenvalue weighted by Crippen LogP contribution is -1.98. The SMILES string of the molecule is CCOc1ccccc1-c1nc2cccc(Br)n2c1CO. The summed E-state index contributed by atoms with van der Waals surface area (Å²) in [5.74, 6) is 0.772. The molecule has 2 heterocycles. The first-order valence-electron chi connectivity index (χ1n) is 6.75. The summed E-state index contributed by atoms with van der Waals surface area (Å²) in [6.45, 7) is 2.44. The monoisotopic (exact) mass is 346 g/mol. The zero-order valence-corrected chi connectivity index (χ0v) is 13.2. The van der Waals surface area contributed by atoms with Gasteiger partial charge in [-0.05, 0) is 47.1 Å². The van der Waals surface area contributed by atoms with Gasteiger partial charge >= 0.3 is 0 Å². The molecule has 3 rings (SSSR count). The van der Waals surface area contributed by atoms with E-state index in [1.54, 1.807) is 0 Å². The third-order valence-electron chi connectivity index (χ3n) is 3.28. The summed E-state index contributed by atoms with van der Waals surface area (Å²) >= 11 is 3.50. The van der Waals surface area contributed by atoms with Crippen molar-refractivity contribution in [1.82, 2.24) is 9.38 Å². The van der Waals surface area contributed by atoms with Crippen LogP contribution in [0.3, 0.4) is 0 Å². The third kappa shape index (κ3) is 2.43. The van der Waals surface area contributed by atoms with Crippen LogP contribution < -0.4 is 4.74 Å². The molecule has 0 radical (unpaired) electrons. The summed E-state index contributed by atoms with van der Waals surface area (Å²) in [6.07, 6.45) is 0. The number of pyridine rings is 1. The van der Waals surface area contributed by atoms with Crippen LogP contribution in [0.4, 0.5) is 0 Å². The molecule has 1 N–H and O–H groups in total. The number of aliphatic hydroxyl groups excluding tert-OH is 1. The summed E-state index contributed by atoms with van der Waals surface area (Å²) in [4.78, 5) is 4.65. The molecule has 0 atom stereocenters. The minimum Gasteiger partial charge on any atom is -0.493 e. The second kappa shape index (κ2) is 5.87. The normalized spacial score (nSPS) is 11.0. The van der Waals surface area contributed by atoms with Crippen molar-refractivity contribution in [3.05, 3.63) is 52.8 Å². The first-order chi connectivity index (χ1) is 10.3. The molecule has 0 spiro atoms. The molecule has 0 aliphatic carbocycles. The van der Waals surface area contributed by atoms with E-state index in [4.69, 9.17) is 4.74 Å². The van der Waals surface area contributed by atoms with E-state index in [1.165, 1.54) is 0 Å². The Labute approximate surface area is 131 Å². The molecule has 0 fully saturated rings. The van der Waals surface area contributed by atoms with Gasteiger partial charge in [0.05, 0.1) is 29.2 Å². The van der Waals surface area contributed by atoms with E-state index in [2.05, 4.69) is 20.9 Å². The van der Waals surface area contributed by atoms with Crippen molar-refractivity contribution >= 4 is 21.6 Å². The van der Waals surface area contributed by atoms with Gasteiger partial charge in [-0.3, -0.25) is 4.40 Å². The minimum atomic E-state index is -0.0976. The molecule has 3 aromatic rings. The summed E-state index contributed by atoms with van der Waals surface area (Å²) < 4.78 is 8.43. The van der Waals surface area contributed by atoms with Crippen LogP contribution in [0.2, 0.25) is 0 Å². The van der Waals surface area contributed by atoms with Crippen molar-refractivity contribution < 1.29 is 9.84 Å². The Kier molecular flexibility index (Phi) is 3.94. The quantitative estimate of drug-likeness (QED) is 0.733. The van der Waals surface area contributed by atoms with Crippen LogP contribution in [0, 0.1) is 0 Å². The largest absolute Gasteiger partial charge is 0.493 e. The van der Waals surface area contributed by atoms with Crippen LogP contribution >= 0.6 is 15.9 Å². The zero-order chi connectivity index (χ0) is 14.8. The van der Waals surface area contributed by atoms with E-state index in [-0.39, 0.29) is 6.61 Å². The number of imidazole rings is 1. The van der Waals surface area contributed by atoms with Crippen LogP contribution in [0.25, 0.3) is 16.9 Å². The number of nitrogens with zero attached hydrogens (tertiary/aromatic N) is 2. The average Bonchev–Trinajstić information content (AvgIpc) is 2.88. The molecule has 0 bridgehead atoms. The first-order valence-corrected chi connectivity index (χ1v) is 7.54. The highest BCUT2D eigenvalue weighted by molar-refractivity contribution is 9.10. The summed E-state index contributed by atoms with van der Waals surface area (Å²) in [5.41, 5.74) is 3.16. The van der Waals surface area contributed by atoms with E-state index >= 15 is 0 Å². The van der Waals surface area contributed by atoms with E-state index in [9.17, 15) is 5.11 Å². The van der Waals surface area contributed by atoms with Gasteiger partial charge in [-0.2, -0.15) is 0 Å². The molecule has 2 aromatic heterocycles. The van der Waals surface area contributed by atoms with E-state index in [0.717, 1.165) is 33.0 Å². The maximum Gasteiger partial charge on any atom is 0.138 e. The number of benzene rings is 1. The van der Waals surface area contributed by atoms with Crippen LogP contribution in [0.15, 0.2) is 47.1 Å². The maximum absolute atomic E-state index is 9.79. The molecule has 1 aromatic carbocycles. The molecule has 4 nitrogen and oxygen atoms in total. The number of hydrogen-bond donors (Lipinski definition) is 1. The molecule has 0 unspecified atom stereocenters. The van der Waals surface area contributed by atoms with Crippen molar-refractivity contribution in [3.63, 3.8) is 0 Å². The summed E-state index contributed by atoms with van der Waals surface area (Å²) in [6, 6.07) is 13.5. The van der Waals surface area contributed by atoms with Gasteiger partial charge in [-0.15, -0.1) is 0 Å². The van der Waals surface area contributed by atoms with Gasteiger partial charge in [0.1, 0.15) is 11.4 Å². The zero-order valence-electron chi connectivity index (χ0n) is 11.6. The second-order valence-corrected chi connectivity index (χ2v) is 5.35. The number of fused-ring (bicyclic) bond motifs is 1. The average molecular weight is 347 g/mol. The van der Waals surface area contributed by atoms with Crippen molar-refractivity contribution in [1.29, 1.82) is 0 Å². The fourth-order valence-electron chi connectivity index (χ4n) is 2.42. The summed E-state index contributed by atoms with van der Waals surface area (Å²) in [5, 5.41) is 9.79. The first kappa shape index (κ1) is 14.1. The molecule has 0 saturated carbocycles. The number of para-hydroxylation sites is 1. The molecule has 0 amide bonds. The van der Waals surface area contributed by atoms with Gasteiger partial charge < -0.3 is 9.84 Å². The third-order valence-corrected chi connectivity index (χ3v) is 3.90. The molecular formula is C16H15BrN2O2. The molecule has 0 aliphatic heterocycles. The van der Waals surface area contributed by atoms with Gasteiger partial charge in [0, 0.05) is 5.56 Å². The van der Waals surface area contributed by atoms with Crippen LogP contribution in [0.1, 0.15) is 12.6 Å². The van der Waals surface area contributed by atoms with Crippen LogP contribution in [-0.4, -0.2) is 21.1 Å². The Morgan fingerprint density at radius 2 is 2.00 bits per heavy atom. The highest BCUT2D eigenvalue weighted by Crippen LogP contribution is 2.33. The van der Waals surface area contributed by atoms with E-state index < -0.39 is 0 Å². The molecule has 0 aliphatic rings. The Morgan fingerprint density at radius 3 is 2.76 bits per heavy atom. The number of hydrogen-bond acceptors (Lipinski definition) is 3. The van der Waals surface area contributed by atoms with Crippen LogP contribution in [-0.2, 0) is 6.61 Å². The number of aliphatic hydroxyl groups is 1. The number of aromatic nitrogens is 2. The fourth-order valence-corrected chi connectivity index (χ4v) is 2.96. The predicted molar refractivity (Wildman–Crippen MR) is 85.4 cm³/mol.